The van der Waals surface area contributed by atoms with E-state index in [-0.39, 0.29) is 6.61 Å². The van der Waals surface area contributed by atoms with E-state index in [1.54, 1.807) is 24.3 Å². The molecule has 0 bridgehead atoms. The fraction of sp³-hybridized carbons (Fsp3) is 0.273. The third-order valence-corrected chi connectivity index (χ3v) is 2.41. The van der Waals surface area contributed by atoms with Crippen molar-refractivity contribution in [2.75, 3.05) is 6.61 Å². The Labute approximate surface area is 107 Å². The van der Waals surface area contributed by atoms with Crippen LogP contribution in [-0.2, 0) is 14.3 Å². The molecule has 0 aliphatic carbocycles. The predicted molar refractivity (Wildman–Crippen MR) is 64.4 cm³/mol. The number of halogens is 1. The zero-order valence-corrected chi connectivity index (χ0v) is 10.8. The van der Waals surface area contributed by atoms with Crippen LogP contribution in [0.1, 0.15) is 6.92 Å². The number of amides is 1. The van der Waals surface area contributed by atoms with Crippen LogP contribution in [0.4, 0.5) is 0 Å². The maximum absolute atomic E-state index is 11.2. The highest BCUT2D eigenvalue weighted by molar-refractivity contribution is 9.10. The van der Waals surface area contributed by atoms with Gasteiger partial charge in [-0.1, -0.05) is 15.9 Å². The Morgan fingerprint density at radius 2 is 1.94 bits per heavy atom. The molecule has 92 valence electrons. The molecular formula is C11H12BrNO4. The number of rotatable bonds is 5. The molecule has 1 rings (SSSR count). The minimum Gasteiger partial charge on any atom is -0.482 e. The monoisotopic (exact) mass is 301 g/mol. The lowest BCUT2D eigenvalue weighted by atomic mass is 10.3. The second kappa shape index (κ2) is 6.24. The Morgan fingerprint density at radius 3 is 2.47 bits per heavy atom. The summed E-state index contributed by atoms with van der Waals surface area (Å²) in [5.74, 6) is -0.793. The zero-order valence-electron chi connectivity index (χ0n) is 9.18. The molecule has 0 saturated carbocycles. The average molecular weight is 302 g/mol. The van der Waals surface area contributed by atoms with E-state index in [0.29, 0.717) is 5.75 Å². The van der Waals surface area contributed by atoms with Crippen molar-refractivity contribution in [3.05, 3.63) is 28.7 Å². The molecular weight excluding hydrogens is 290 g/mol. The first-order chi connectivity index (χ1) is 7.99. The van der Waals surface area contributed by atoms with Gasteiger partial charge in [0.25, 0.3) is 5.91 Å². The van der Waals surface area contributed by atoms with E-state index in [9.17, 15) is 9.59 Å². The van der Waals surface area contributed by atoms with Crippen LogP contribution in [-0.4, -0.2) is 24.6 Å². The van der Waals surface area contributed by atoms with Crippen LogP contribution < -0.4 is 10.5 Å². The lowest BCUT2D eigenvalue weighted by molar-refractivity contribution is -0.155. The molecule has 5 nitrogen and oxygen atoms in total. The minimum atomic E-state index is -0.948. The van der Waals surface area contributed by atoms with Crippen LogP contribution in [0.3, 0.4) is 0 Å². The van der Waals surface area contributed by atoms with E-state index >= 15 is 0 Å². The number of primary amides is 1. The SMILES string of the molecule is C[C@@H](OC(=O)COc1ccc(Br)cc1)C(N)=O. The summed E-state index contributed by atoms with van der Waals surface area (Å²) in [6, 6.07) is 6.98. The van der Waals surface area contributed by atoms with Crippen molar-refractivity contribution in [2.45, 2.75) is 13.0 Å². The molecule has 0 aromatic heterocycles. The fourth-order valence-corrected chi connectivity index (χ4v) is 1.23. The van der Waals surface area contributed by atoms with Gasteiger partial charge in [0.15, 0.2) is 12.7 Å². The van der Waals surface area contributed by atoms with Crippen LogP contribution in [0.2, 0.25) is 0 Å². The Hall–Kier alpha value is -1.56. The molecule has 1 atom stereocenters. The highest BCUT2D eigenvalue weighted by atomic mass is 79.9. The topological polar surface area (TPSA) is 78.6 Å². The molecule has 6 heteroatoms. The van der Waals surface area contributed by atoms with E-state index < -0.39 is 18.0 Å². The quantitative estimate of drug-likeness (QED) is 0.830. The Kier molecular flexibility index (Phi) is 4.96. The van der Waals surface area contributed by atoms with Gasteiger partial charge in [0.05, 0.1) is 0 Å². The molecule has 0 radical (unpaired) electrons. The highest BCUT2D eigenvalue weighted by Crippen LogP contribution is 2.15. The van der Waals surface area contributed by atoms with Crippen LogP contribution in [0.5, 0.6) is 5.75 Å². The first-order valence-electron chi connectivity index (χ1n) is 4.86. The maximum Gasteiger partial charge on any atom is 0.344 e. The number of carbonyl (C=O) groups is 2. The van der Waals surface area contributed by atoms with Crippen molar-refractivity contribution in [1.82, 2.24) is 0 Å². The minimum absolute atomic E-state index is 0.265. The third-order valence-electron chi connectivity index (χ3n) is 1.88. The van der Waals surface area contributed by atoms with Gasteiger partial charge in [0, 0.05) is 4.47 Å². The molecule has 2 N–H and O–H groups in total. The fourth-order valence-electron chi connectivity index (χ4n) is 0.962. The first kappa shape index (κ1) is 13.5. The van der Waals surface area contributed by atoms with Crippen LogP contribution in [0, 0.1) is 0 Å². The van der Waals surface area contributed by atoms with Gasteiger partial charge in [-0.2, -0.15) is 0 Å². The summed E-state index contributed by atoms with van der Waals surface area (Å²) in [7, 11) is 0. The van der Waals surface area contributed by atoms with Gasteiger partial charge in [-0.25, -0.2) is 4.79 Å². The molecule has 17 heavy (non-hydrogen) atoms. The number of nitrogens with two attached hydrogens (primary N) is 1. The number of esters is 1. The molecule has 0 spiro atoms. The Bertz CT molecular complexity index is 404. The van der Waals surface area contributed by atoms with Crippen LogP contribution >= 0.6 is 15.9 Å². The van der Waals surface area contributed by atoms with Gasteiger partial charge >= 0.3 is 5.97 Å². The van der Waals surface area contributed by atoms with Crippen LogP contribution in [0.25, 0.3) is 0 Å². The molecule has 0 saturated heterocycles. The predicted octanol–water partition coefficient (Wildman–Crippen LogP) is 1.24. The smallest absolute Gasteiger partial charge is 0.344 e. The Morgan fingerprint density at radius 1 is 1.35 bits per heavy atom. The van der Waals surface area contributed by atoms with E-state index in [2.05, 4.69) is 15.9 Å². The normalized spacial score (nSPS) is 11.6. The third kappa shape index (κ3) is 4.86. The second-order valence-corrected chi connectivity index (χ2v) is 4.19. The van der Waals surface area contributed by atoms with Gasteiger partial charge in [-0.3, -0.25) is 4.79 Å². The molecule has 0 heterocycles. The van der Waals surface area contributed by atoms with Crippen molar-refractivity contribution < 1.29 is 19.1 Å². The summed E-state index contributed by atoms with van der Waals surface area (Å²) >= 11 is 3.28. The largest absolute Gasteiger partial charge is 0.482 e. The summed E-state index contributed by atoms with van der Waals surface area (Å²) in [5.41, 5.74) is 4.95. The summed E-state index contributed by atoms with van der Waals surface area (Å²) < 4.78 is 10.8. The Balaban J connectivity index is 2.38. The molecule has 0 unspecified atom stereocenters. The lowest BCUT2D eigenvalue weighted by Gasteiger charge is -2.10. The van der Waals surface area contributed by atoms with Crippen molar-refractivity contribution >= 4 is 27.8 Å². The number of hydrogen-bond donors (Lipinski definition) is 1. The van der Waals surface area contributed by atoms with Crippen molar-refractivity contribution in [1.29, 1.82) is 0 Å². The molecule has 0 aliphatic rings. The van der Waals surface area contributed by atoms with Crippen LogP contribution in [0.15, 0.2) is 28.7 Å². The summed E-state index contributed by atoms with van der Waals surface area (Å²) in [6.45, 7) is 1.14. The van der Waals surface area contributed by atoms with Crippen molar-refractivity contribution in [3.63, 3.8) is 0 Å². The average Bonchev–Trinajstić information content (AvgIpc) is 2.28. The first-order valence-corrected chi connectivity index (χ1v) is 5.65. The standard InChI is InChI=1S/C11H12BrNO4/c1-7(11(13)15)17-10(14)6-16-9-4-2-8(12)3-5-9/h2-5,7H,6H2,1H3,(H2,13,15)/t7-/m1/s1. The highest BCUT2D eigenvalue weighted by Gasteiger charge is 2.14. The molecule has 1 amide bonds. The molecule has 0 aliphatic heterocycles. The van der Waals surface area contributed by atoms with E-state index in [4.69, 9.17) is 15.2 Å². The summed E-state index contributed by atoms with van der Waals surface area (Å²) in [4.78, 5) is 21.9. The van der Waals surface area contributed by atoms with E-state index in [1.807, 2.05) is 0 Å². The summed E-state index contributed by atoms with van der Waals surface area (Å²) in [5, 5.41) is 0. The van der Waals surface area contributed by atoms with Gasteiger partial charge in [0.1, 0.15) is 5.75 Å². The van der Waals surface area contributed by atoms with Gasteiger partial charge in [-0.05, 0) is 31.2 Å². The molecule has 1 aromatic carbocycles. The van der Waals surface area contributed by atoms with Crippen molar-refractivity contribution in [2.24, 2.45) is 5.73 Å². The zero-order chi connectivity index (χ0) is 12.8. The van der Waals surface area contributed by atoms with Crippen molar-refractivity contribution in [3.8, 4) is 5.75 Å². The summed E-state index contributed by atoms with van der Waals surface area (Å²) in [6.07, 6.45) is -0.948. The van der Waals surface area contributed by atoms with Gasteiger partial charge in [-0.15, -0.1) is 0 Å². The van der Waals surface area contributed by atoms with E-state index in [1.165, 1.54) is 6.92 Å². The van der Waals surface area contributed by atoms with E-state index in [0.717, 1.165) is 4.47 Å². The number of benzene rings is 1. The number of hydrogen-bond acceptors (Lipinski definition) is 4. The maximum atomic E-state index is 11.2. The molecule has 0 fully saturated rings. The van der Waals surface area contributed by atoms with Gasteiger partial charge < -0.3 is 15.2 Å². The van der Waals surface area contributed by atoms with Gasteiger partial charge in [0.2, 0.25) is 0 Å². The molecule has 1 aromatic rings. The lowest BCUT2D eigenvalue weighted by Crippen LogP contribution is -2.32. The number of ether oxygens (including phenoxy) is 2. The number of carbonyl (C=O) groups excluding carboxylic acids is 2. The second-order valence-electron chi connectivity index (χ2n) is 3.28.